The predicted octanol–water partition coefficient (Wildman–Crippen LogP) is 6.50. The minimum absolute atomic E-state index is 0.0354. The maximum Gasteiger partial charge on any atom is 0.300 e. The summed E-state index contributed by atoms with van der Waals surface area (Å²) in [4.78, 5) is 28.2. The van der Waals surface area contributed by atoms with Crippen molar-refractivity contribution in [2.75, 3.05) is 18.6 Å². The molecule has 1 atom stereocenters. The number of aliphatic hydroxyl groups excluding tert-OH is 1. The maximum absolute atomic E-state index is 13.4. The Morgan fingerprint density at radius 1 is 1.03 bits per heavy atom. The number of nitrogens with zero attached hydrogens (tertiary/aromatic N) is 1. The van der Waals surface area contributed by atoms with Gasteiger partial charge in [0.1, 0.15) is 17.3 Å². The van der Waals surface area contributed by atoms with Crippen molar-refractivity contribution in [1.29, 1.82) is 0 Å². The molecule has 4 rings (SSSR count). The van der Waals surface area contributed by atoms with Gasteiger partial charge >= 0.3 is 0 Å². The van der Waals surface area contributed by atoms with E-state index in [0.29, 0.717) is 40.3 Å². The van der Waals surface area contributed by atoms with Gasteiger partial charge in [0.05, 0.1) is 30.9 Å². The zero-order valence-corrected chi connectivity index (χ0v) is 21.4. The van der Waals surface area contributed by atoms with Crippen LogP contribution in [0.1, 0.15) is 49.4 Å². The van der Waals surface area contributed by atoms with Crippen LogP contribution in [0.15, 0.2) is 72.3 Å². The zero-order chi connectivity index (χ0) is 26.0. The molecule has 0 spiro atoms. The minimum atomic E-state index is -0.854. The molecule has 1 amide bonds. The molecular weight excluding hydrogens is 478 g/mol. The number of amides is 1. The van der Waals surface area contributed by atoms with Gasteiger partial charge in [-0.3, -0.25) is 14.5 Å². The lowest BCUT2D eigenvalue weighted by Gasteiger charge is -2.26. The molecule has 0 saturated carbocycles. The molecule has 0 radical (unpaired) electrons. The number of ether oxygens (including phenoxy) is 2. The molecule has 1 N–H and O–H groups in total. The summed E-state index contributed by atoms with van der Waals surface area (Å²) in [6.45, 7) is 6.57. The molecule has 0 aromatic heterocycles. The highest BCUT2D eigenvalue weighted by molar-refractivity contribution is 6.51. The van der Waals surface area contributed by atoms with Crippen LogP contribution in [0.4, 0.5) is 5.69 Å². The molecule has 36 heavy (non-hydrogen) atoms. The van der Waals surface area contributed by atoms with E-state index in [9.17, 15) is 14.7 Å². The number of hydrogen-bond acceptors (Lipinski definition) is 5. The zero-order valence-electron chi connectivity index (χ0n) is 20.6. The van der Waals surface area contributed by atoms with Crippen LogP contribution in [0.2, 0.25) is 5.02 Å². The Kier molecular flexibility index (Phi) is 7.36. The molecule has 3 aromatic carbocycles. The number of halogens is 1. The summed E-state index contributed by atoms with van der Waals surface area (Å²) < 4.78 is 10.9. The van der Waals surface area contributed by atoms with E-state index in [2.05, 4.69) is 13.8 Å². The molecule has 0 bridgehead atoms. The first-order valence-corrected chi connectivity index (χ1v) is 12.1. The average molecular weight is 506 g/mol. The van der Waals surface area contributed by atoms with Crippen molar-refractivity contribution in [3.8, 4) is 11.5 Å². The second kappa shape index (κ2) is 10.5. The van der Waals surface area contributed by atoms with E-state index in [1.165, 1.54) is 18.1 Å². The normalized spacial score (nSPS) is 17.1. The van der Waals surface area contributed by atoms with Crippen LogP contribution in [0.3, 0.4) is 0 Å². The van der Waals surface area contributed by atoms with Crippen LogP contribution in [-0.2, 0) is 9.59 Å². The number of rotatable bonds is 7. The fourth-order valence-corrected chi connectivity index (χ4v) is 4.53. The van der Waals surface area contributed by atoms with Gasteiger partial charge in [-0.15, -0.1) is 0 Å². The van der Waals surface area contributed by atoms with E-state index in [1.807, 2.05) is 31.2 Å². The molecule has 1 heterocycles. The van der Waals surface area contributed by atoms with Crippen molar-refractivity contribution in [3.63, 3.8) is 0 Å². The Hall–Kier alpha value is -3.77. The van der Waals surface area contributed by atoms with Crippen molar-refractivity contribution in [2.45, 2.75) is 32.7 Å². The van der Waals surface area contributed by atoms with Gasteiger partial charge in [-0.25, -0.2) is 0 Å². The second-order valence-corrected chi connectivity index (χ2v) is 9.20. The number of anilines is 1. The van der Waals surface area contributed by atoms with Crippen molar-refractivity contribution in [2.24, 2.45) is 0 Å². The maximum atomic E-state index is 13.4. The fraction of sp³-hybridized carbons (Fsp3) is 0.241. The second-order valence-electron chi connectivity index (χ2n) is 8.76. The van der Waals surface area contributed by atoms with Crippen LogP contribution in [0, 0.1) is 0 Å². The lowest BCUT2D eigenvalue weighted by molar-refractivity contribution is -0.132. The van der Waals surface area contributed by atoms with Crippen LogP contribution in [0.25, 0.3) is 5.76 Å². The van der Waals surface area contributed by atoms with Gasteiger partial charge < -0.3 is 14.6 Å². The van der Waals surface area contributed by atoms with Gasteiger partial charge in [0.2, 0.25) is 0 Å². The topological polar surface area (TPSA) is 76.1 Å². The lowest BCUT2D eigenvalue weighted by atomic mass is 9.93. The first-order chi connectivity index (χ1) is 17.3. The number of ketones is 1. The lowest BCUT2D eigenvalue weighted by Crippen LogP contribution is -2.29. The van der Waals surface area contributed by atoms with Crippen LogP contribution < -0.4 is 14.4 Å². The Balaban J connectivity index is 1.92. The van der Waals surface area contributed by atoms with E-state index in [4.69, 9.17) is 21.1 Å². The first-order valence-electron chi connectivity index (χ1n) is 11.7. The summed E-state index contributed by atoms with van der Waals surface area (Å²) in [5, 5.41) is 11.8. The van der Waals surface area contributed by atoms with Gasteiger partial charge in [0, 0.05) is 10.7 Å². The molecule has 1 fully saturated rings. The summed E-state index contributed by atoms with van der Waals surface area (Å²) >= 11 is 6.19. The van der Waals surface area contributed by atoms with Crippen molar-refractivity contribution < 1.29 is 24.2 Å². The highest BCUT2D eigenvalue weighted by atomic mass is 35.5. The molecule has 3 aromatic rings. The van der Waals surface area contributed by atoms with Crippen LogP contribution in [0.5, 0.6) is 11.5 Å². The molecule has 6 nitrogen and oxygen atoms in total. The van der Waals surface area contributed by atoms with Crippen LogP contribution in [-0.4, -0.2) is 30.5 Å². The average Bonchev–Trinajstić information content (AvgIpc) is 3.14. The smallest absolute Gasteiger partial charge is 0.300 e. The van der Waals surface area contributed by atoms with E-state index >= 15 is 0 Å². The van der Waals surface area contributed by atoms with Crippen LogP contribution >= 0.6 is 11.6 Å². The number of carbonyl (C=O) groups is 2. The van der Waals surface area contributed by atoms with E-state index < -0.39 is 17.7 Å². The highest BCUT2D eigenvalue weighted by Crippen LogP contribution is 2.44. The number of hydrogen-bond donors (Lipinski definition) is 1. The van der Waals surface area contributed by atoms with Gasteiger partial charge in [-0.1, -0.05) is 49.7 Å². The minimum Gasteiger partial charge on any atom is -0.507 e. The molecule has 0 aliphatic carbocycles. The van der Waals surface area contributed by atoms with Gasteiger partial charge in [0.15, 0.2) is 0 Å². The molecule has 1 aliphatic heterocycles. The molecule has 1 saturated heterocycles. The third kappa shape index (κ3) is 4.69. The molecule has 1 aliphatic rings. The first kappa shape index (κ1) is 25.3. The highest BCUT2D eigenvalue weighted by Gasteiger charge is 2.47. The molecule has 7 heteroatoms. The monoisotopic (exact) mass is 505 g/mol. The fourth-order valence-electron chi connectivity index (χ4n) is 4.36. The number of Topliss-reactive ketones (excluding diaryl/α,β-unsaturated/α-hetero) is 1. The third-order valence-corrected chi connectivity index (χ3v) is 6.44. The van der Waals surface area contributed by atoms with Crippen molar-refractivity contribution >= 4 is 34.7 Å². The number of methoxy groups -OCH3 is 1. The third-order valence-electron chi connectivity index (χ3n) is 6.21. The molecular formula is C29H28ClNO5. The Bertz CT molecular complexity index is 1310. The number of carbonyl (C=O) groups excluding carboxylic acids is 2. The summed E-state index contributed by atoms with van der Waals surface area (Å²) in [6, 6.07) is 18.5. The summed E-state index contributed by atoms with van der Waals surface area (Å²) in [6.07, 6.45) is 0. The summed E-state index contributed by atoms with van der Waals surface area (Å²) in [7, 11) is 1.46. The Labute approximate surface area is 215 Å². The predicted molar refractivity (Wildman–Crippen MR) is 141 cm³/mol. The van der Waals surface area contributed by atoms with E-state index in [1.54, 1.807) is 36.4 Å². The van der Waals surface area contributed by atoms with E-state index in [-0.39, 0.29) is 16.9 Å². The van der Waals surface area contributed by atoms with Crippen molar-refractivity contribution in [3.05, 3.63) is 94.0 Å². The van der Waals surface area contributed by atoms with Gasteiger partial charge in [-0.2, -0.15) is 0 Å². The van der Waals surface area contributed by atoms with Crippen molar-refractivity contribution in [1.82, 2.24) is 0 Å². The number of benzene rings is 3. The quantitative estimate of drug-likeness (QED) is 0.225. The van der Waals surface area contributed by atoms with Gasteiger partial charge in [0.25, 0.3) is 11.7 Å². The van der Waals surface area contributed by atoms with Gasteiger partial charge in [-0.05, 0) is 66.4 Å². The summed E-state index contributed by atoms with van der Waals surface area (Å²) in [5.74, 6) is -0.579. The molecule has 1 unspecified atom stereocenters. The Morgan fingerprint density at radius 2 is 1.69 bits per heavy atom. The SMILES string of the molecule is CCOc1ccc(N2C(=O)C(=O)/C(=C(/O)c3cc(Cl)ccc3OC)C2c2ccc(C(C)C)cc2)cc1. The van der Waals surface area contributed by atoms with E-state index in [0.717, 1.165) is 5.56 Å². The standard InChI is InChI=1S/C29H28ClNO5/c1-5-36-22-13-11-21(12-14-22)31-26(19-8-6-18(7-9-19)17(2)3)25(28(33)29(31)34)27(32)23-16-20(30)10-15-24(23)35-4/h6-17,26,32H,5H2,1-4H3/b27-25+. The number of aliphatic hydroxyl groups is 1. The Morgan fingerprint density at radius 3 is 2.28 bits per heavy atom. The summed E-state index contributed by atoms with van der Waals surface area (Å²) in [5.41, 5.74) is 2.52. The largest absolute Gasteiger partial charge is 0.507 e. The molecule has 186 valence electrons.